The second-order valence-corrected chi connectivity index (χ2v) is 6.81. The maximum absolute atomic E-state index is 12.5. The van der Waals surface area contributed by atoms with Crippen LogP contribution in [0.4, 0.5) is 5.69 Å². The summed E-state index contributed by atoms with van der Waals surface area (Å²) in [5.41, 5.74) is 5.14. The van der Waals surface area contributed by atoms with Crippen LogP contribution in [0.1, 0.15) is 38.7 Å². The minimum Gasteiger partial charge on any atom is -0.465 e. The van der Waals surface area contributed by atoms with Gasteiger partial charge in [-0.2, -0.15) is 5.10 Å². The van der Waals surface area contributed by atoms with Crippen LogP contribution >= 0.6 is 0 Å². The Hall–Kier alpha value is -3.55. The summed E-state index contributed by atoms with van der Waals surface area (Å²) in [6.07, 6.45) is 0.168. The summed E-state index contributed by atoms with van der Waals surface area (Å²) in [5.74, 6) is -0.105. The fraction of sp³-hybridized carbons (Fsp3) is 0.286. The fourth-order valence-corrected chi connectivity index (χ4v) is 3.10. The third kappa shape index (κ3) is 4.48. The molecule has 0 unspecified atom stereocenters. The largest absolute Gasteiger partial charge is 0.465 e. The van der Waals surface area contributed by atoms with E-state index in [4.69, 9.17) is 0 Å². The SMILES string of the molecule is COC(=O)c1ccc(NC(=O)Cc2c(C)nn(-c3nc(C)cc(C)n3)c2C)cc1. The number of aromatic nitrogens is 4. The Labute approximate surface area is 168 Å². The van der Waals surface area contributed by atoms with E-state index in [1.165, 1.54) is 7.11 Å². The molecule has 150 valence electrons. The van der Waals surface area contributed by atoms with Gasteiger partial charge in [-0.1, -0.05) is 0 Å². The quantitative estimate of drug-likeness (QED) is 0.669. The molecule has 29 heavy (non-hydrogen) atoms. The van der Waals surface area contributed by atoms with Crippen molar-refractivity contribution in [1.82, 2.24) is 19.7 Å². The Morgan fingerprint density at radius 1 is 1.03 bits per heavy atom. The maximum Gasteiger partial charge on any atom is 0.337 e. The normalized spacial score (nSPS) is 10.7. The molecule has 0 bridgehead atoms. The van der Waals surface area contributed by atoms with E-state index in [-0.39, 0.29) is 12.3 Å². The van der Waals surface area contributed by atoms with E-state index >= 15 is 0 Å². The van der Waals surface area contributed by atoms with Crippen molar-refractivity contribution in [1.29, 1.82) is 0 Å². The summed E-state index contributed by atoms with van der Waals surface area (Å²) in [6, 6.07) is 8.43. The molecule has 0 saturated heterocycles. The molecular formula is C21H23N5O3. The molecule has 0 spiro atoms. The summed E-state index contributed by atoms with van der Waals surface area (Å²) in [4.78, 5) is 32.9. The Morgan fingerprint density at radius 3 is 2.24 bits per heavy atom. The van der Waals surface area contributed by atoms with Crippen LogP contribution in [0.2, 0.25) is 0 Å². The van der Waals surface area contributed by atoms with Crippen LogP contribution in [0.5, 0.6) is 0 Å². The van der Waals surface area contributed by atoms with Gasteiger partial charge < -0.3 is 10.1 Å². The first-order valence-corrected chi connectivity index (χ1v) is 9.14. The second kappa shape index (κ2) is 8.22. The van der Waals surface area contributed by atoms with Crippen molar-refractivity contribution in [2.24, 2.45) is 0 Å². The van der Waals surface area contributed by atoms with Crippen molar-refractivity contribution in [3.63, 3.8) is 0 Å². The first-order chi connectivity index (χ1) is 13.8. The van der Waals surface area contributed by atoms with Gasteiger partial charge >= 0.3 is 5.97 Å². The van der Waals surface area contributed by atoms with Crippen LogP contribution < -0.4 is 5.32 Å². The standard InChI is InChI=1S/C21H23N5O3/c1-12-10-13(2)23-21(22-12)26-15(4)18(14(3)25-26)11-19(27)24-17-8-6-16(7-9-17)20(28)29-5/h6-10H,11H2,1-5H3,(H,24,27). The lowest BCUT2D eigenvalue weighted by Gasteiger charge is -2.07. The number of esters is 1. The number of hydrogen-bond acceptors (Lipinski definition) is 6. The zero-order valence-corrected chi connectivity index (χ0v) is 17.1. The molecule has 0 aliphatic carbocycles. The number of carbonyl (C=O) groups excluding carboxylic acids is 2. The van der Waals surface area contributed by atoms with Crippen LogP contribution in [0.25, 0.3) is 5.95 Å². The van der Waals surface area contributed by atoms with E-state index in [2.05, 4.69) is 25.1 Å². The Balaban J connectivity index is 1.77. The fourth-order valence-electron chi connectivity index (χ4n) is 3.10. The van der Waals surface area contributed by atoms with E-state index in [9.17, 15) is 9.59 Å². The number of rotatable bonds is 5. The first kappa shape index (κ1) is 20.2. The van der Waals surface area contributed by atoms with Gasteiger partial charge in [0, 0.05) is 28.3 Å². The number of ether oxygens (including phenoxy) is 1. The molecule has 1 aromatic carbocycles. The topological polar surface area (TPSA) is 99.0 Å². The van der Waals surface area contributed by atoms with Gasteiger partial charge in [-0.25, -0.2) is 19.4 Å². The van der Waals surface area contributed by atoms with Crippen LogP contribution in [0.15, 0.2) is 30.3 Å². The lowest BCUT2D eigenvalue weighted by Crippen LogP contribution is -2.15. The molecule has 3 rings (SSSR count). The van der Waals surface area contributed by atoms with Gasteiger partial charge in [0.15, 0.2) is 0 Å². The monoisotopic (exact) mass is 393 g/mol. The molecule has 8 heteroatoms. The summed E-state index contributed by atoms with van der Waals surface area (Å²) in [5, 5.41) is 7.36. The van der Waals surface area contributed by atoms with E-state index < -0.39 is 5.97 Å². The molecule has 1 amide bonds. The predicted octanol–water partition coefficient (Wildman–Crippen LogP) is 2.86. The highest BCUT2D eigenvalue weighted by Gasteiger charge is 2.18. The smallest absolute Gasteiger partial charge is 0.337 e. The third-order valence-electron chi connectivity index (χ3n) is 4.53. The Bertz CT molecular complexity index is 1050. The van der Waals surface area contributed by atoms with Gasteiger partial charge in [0.25, 0.3) is 5.95 Å². The number of nitrogens with zero attached hydrogens (tertiary/aromatic N) is 4. The zero-order chi connectivity index (χ0) is 21.1. The molecule has 0 fully saturated rings. The van der Waals surface area contributed by atoms with Crippen molar-refractivity contribution < 1.29 is 14.3 Å². The lowest BCUT2D eigenvalue weighted by molar-refractivity contribution is -0.115. The molecule has 2 heterocycles. The third-order valence-corrected chi connectivity index (χ3v) is 4.53. The first-order valence-electron chi connectivity index (χ1n) is 9.14. The molecular weight excluding hydrogens is 370 g/mol. The van der Waals surface area contributed by atoms with Gasteiger partial charge in [-0.05, 0) is 58.0 Å². The van der Waals surface area contributed by atoms with Crippen molar-refractivity contribution in [2.45, 2.75) is 34.1 Å². The van der Waals surface area contributed by atoms with Gasteiger partial charge in [0.2, 0.25) is 5.91 Å². The van der Waals surface area contributed by atoms with Crippen LogP contribution in [-0.4, -0.2) is 38.7 Å². The lowest BCUT2D eigenvalue weighted by atomic mass is 10.1. The molecule has 2 aromatic heterocycles. The van der Waals surface area contributed by atoms with Crippen molar-refractivity contribution in [2.75, 3.05) is 12.4 Å². The maximum atomic E-state index is 12.5. The number of hydrogen-bond donors (Lipinski definition) is 1. The number of nitrogens with one attached hydrogen (secondary N) is 1. The van der Waals surface area contributed by atoms with Crippen LogP contribution in [-0.2, 0) is 16.0 Å². The summed E-state index contributed by atoms with van der Waals surface area (Å²) in [6.45, 7) is 7.57. The summed E-state index contributed by atoms with van der Waals surface area (Å²) < 4.78 is 6.34. The second-order valence-electron chi connectivity index (χ2n) is 6.81. The molecule has 0 aliphatic rings. The number of benzene rings is 1. The molecule has 8 nitrogen and oxygen atoms in total. The molecule has 0 saturated carbocycles. The molecule has 0 radical (unpaired) electrons. The number of anilines is 1. The van der Waals surface area contributed by atoms with E-state index in [1.807, 2.05) is 33.8 Å². The van der Waals surface area contributed by atoms with E-state index in [1.54, 1.807) is 28.9 Å². The highest BCUT2D eigenvalue weighted by Crippen LogP contribution is 2.18. The molecule has 0 aliphatic heterocycles. The molecule has 0 atom stereocenters. The highest BCUT2D eigenvalue weighted by molar-refractivity contribution is 5.94. The number of aryl methyl sites for hydroxylation is 3. The minimum absolute atomic E-state index is 0.168. The summed E-state index contributed by atoms with van der Waals surface area (Å²) >= 11 is 0. The van der Waals surface area contributed by atoms with Crippen molar-refractivity contribution in [3.05, 3.63) is 64.2 Å². The van der Waals surface area contributed by atoms with Crippen LogP contribution in [0, 0.1) is 27.7 Å². The average Bonchev–Trinajstić information content (AvgIpc) is 2.95. The predicted molar refractivity (Wildman–Crippen MR) is 108 cm³/mol. The number of carbonyl (C=O) groups is 2. The Morgan fingerprint density at radius 2 is 1.66 bits per heavy atom. The van der Waals surface area contributed by atoms with Gasteiger partial charge in [0.1, 0.15) is 0 Å². The van der Waals surface area contributed by atoms with Crippen molar-refractivity contribution in [3.8, 4) is 5.95 Å². The zero-order valence-electron chi connectivity index (χ0n) is 17.1. The number of amides is 1. The van der Waals surface area contributed by atoms with Gasteiger partial charge in [-0.3, -0.25) is 4.79 Å². The highest BCUT2D eigenvalue weighted by atomic mass is 16.5. The average molecular weight is 393 g/mol. The number of methoxy groups -OCH3 is 1. The van der Waals surface area contributed by atoms with Crippen LogP contribution in [0.3, 0.4) is 0 Å². The molecule has 1 N–H and O–H groups in total. The van der Waals surface area contributed by atoms with E-state index in [0.29, 0.717) is 17.2 Å². The molecule has 3 aromatic rings. The van der Waals surface area contributed by atoms with E-state index in [0.717, 1.165) is 28.3 Å². The summed E-state index contributed by atoms with van der Waals surface area (Å²) in [7, 11) is 1.33. The Kier molecular flexibility index (Phi) is 5.72. The minimum atomic E-state index is -0.421. The van der Waals surface area contributed by atoms with Gasteiger partial charge in [0.05, 0.1) is 24.8 Å². The van der Waals surface area contributed by atoms with Gasteiger partial charge in [-0.15, -0.1) is 0 Å². The van der Waals surface area contributed by atoms with Crippen molar-refractivity contribution >= 4 is 17.6 Å².